The number of aromatic nitrogens is 2. The molecule has 1 aliphatic rings. The molecule has 0 spiro atoms. The molecular formula is C18H19F3N4O2. The quantitative estimate of drug-likeness (QED) is 0.889. The van der Waals surface area contributed by atoms with Gasteiger partial charge in [0.1, 0.15) is 0 Å². The molecule has 3 rings (SSSR count). The first-order chi connectivity index (χ1) is 12.8. The van der Waals surface area contributed by atoms with Crippen LogP contribution in [-0.4, -0.2) is 33.8 Å². The molecule has 0 radical (unpaired) electrons. The number of rotatable bonds is 3. The number of amides is 1. The average molecular weight is 380 g/mol. The molecule has 0 aliphatic carbocycles. The minimum atomic E-state index is -4.59. The second-order valence-electron chi connectivity index (χ2n) is 6.41. The Hall–Kier alpha value is -2.68. The molecule has 0 bridgehead atoms. The number of hydrogen-bond acceptors (Lipinski definition) is 4. The number of carbonyl (C=O) groups excluding carboxylic acids is 1. The minimum absolute atomic E-state index is 0.200. The number of nitrogens with zero attached hydrogens (tertiary/aromatic N) is 3. The molecule has 1 fully saturated rings. The lowest BCUT2D eigenvalue weighted by molar-refractivity contribution is -0.137. The van der Waals surface area contributed by atoms with Crippen molar-refractivity contribution in [2.24, 2.45) is 0 Å². The molecule has 6 nitrogen and oxygen atoms in total. The van der Waals surface area contributed by atoms with E-state index < -0.39 is 28.8 Å². The van der Waals surface area contributed by atoms with Crippen LogP contribution in [0.25, 0.3) is 5.69 Å². The Labute approximate surface area is 153 Å². The smallest absolute Gasteiger partial charge is 0.287 e. The lowest BCUT2D eigenvalue weighted by atomic mass is 10.1. The standard InChI is InChI=1S/C18H19F3N4O2/c1-12-11-15(26)16(17(27)23-24-9-5-2-6-10-24)22-25(12)14-8-4-3-7-13(14)18(19,20)21/h3-4,7-8,11H,2,5-6,9-10H2,1H3,(H,23,27). The Morgan fingerprint density at radius 2 is 1.81 bits per heavy atom. The van der Waals surface area contributed by atoms with E-state index in [9.17, 15) is 22.8 Å². The summed E-state index contributed by atoms with van der Waals surface area (Å²) in [6, 6.07) is 6.01. The second-order valence-corrected chi connectivity index (χ2v) is 6.41. The monoisotopic (exact) mass is 380 g/mol. The molecule has 1 aromatic carbocycles. The van der Waals surface area contributed by atoms with E-state index in [0.29, 0.717) is 13.1 Å². The summed E-state index contributed by atoms with van der Waals surface area (Å²) in [6.45, 7) is 2.78. The summed E-state index contributed by atoms with van der Waals surface area (Å²) in [4.78, 5) is 24.7. The highest BCUT2D eigenvalue weighted by Gasteiger charge is 2.34. The molecular weight excluding hydrogens is 361 g/mol. The van der Waals surface area contributed by atoms with Crippen LogP contribution >= 0.6 is 0 Å². The van der Waals surface area contributed by atoms with Gasteiger partial charge in [0.05, 0.1) is 11.3 Å². The van der Waals surface area contributed by atoms with Crippen LogP contribution in [0.1, 0.15) is 41.0 Å². The van der Waals surface area contributed by atoms with Gasteiger partial charge in [-0.2, -0.15) is 18.3 Å². The molecule has 1 saturated heterocycles. The van der Waals surface area contributed by atoms with Gasteiger partial charge in [0.25, 0.3) is 5.91 Å². The number of hydrazine groups is 1. The number of hydrogen-bond donors (Lipinski definition) is 1. The topological polar surface area (TPSA) is 67.2 Å². The molecule has 9 heteroatoms. The Balaban J connectivity index is 2.00. The van der Waals surface area contributed by atoms with Crippen LogP contribution in [0.4, 0.5) is 13.2 Å². The largest absolute Gasteiger partial charge is 0.418 e. The van der Waals surface area contributed by atoms with Gasteiger partial charge in [0.15, 0.2) is 5.69 Å². The van der Waals surface area contributed by atoms with Crippen molar-refractivity contribution in [1.29, 1.82) is 0 Å². The van der Waals surface area contributed by atoms with Crippen molar-refractivity contribution >= 4 is 5.91 Å². The van der Waals surface area contributed by atoms with Crippen LogP contribution in [0.2, 0.25) is 0 Å². The van der Waals surface area contributed by atoms with E-state index >= 15 is 0 Å². The number of carbonyl (C=O) groups is 1. The molecule has 1 amide bonds. The minimum Gasteiger partial charge on any atom is -0.287 e. The highest BCUT2D eigenvalue weighted by Crippen LogP contribution is 2.33. The molecule has 0 saturated carbocycles. The van der Waals surface area contributed by atoms with Gasteiger partial charge in [0.2, 0.25) is 5.43 Å². The molecule has 144 valence electrons. The maximum absolute atomic E-state index is 13.3. The zero-order valence-corrected chi connectivity index (χ0v) is 14.7. The fourth-order valence-corrected chi connectivity index (χ4v) is 3.05. The lowest BCUT2D eigenvalue weighted by Crippen LogP contribution is -2.46. The molecule has 2 aromatic rings. The SMILES string of the molecule is Cc1cc(=O)c(C(=O)NN2CCCCC2)nn1-c1ccccc1C(F)(F)F. The molecule has 2 heterocycles. The predicted octanol–water partition coefficient (Wildman–Crippen LogP) is 2.69. The van der Waals surface area contributed by atoms with E-state index in [1.165, 1.54) is 25.1 Å². The molecule has 0 unspecified atom stereocenters. The summed E-state index contributed by atoms with van der Waals surface area (Å²) >= 11 is 0. The first kappa shape index (κ1) is 19.1. The van der Waals surface area contributed by atoms with Crippen LogP contribution in [0.15, 0.2) is 35.1 Å². The summed E-state index contributed by atoms with van der Waals surface area (Å²) in [5.74, 6) is -0.722. The highest BCUT2D eigenvalue weighted by molar-refractivity contribution is 5.91. The number of benzene rings is 1. The number of piperidine rings is 1. The van der Waals surface area contributed by atoms with Gasteiger partial charge < -0.3 is 0 Å². The van der Waals surface area contributed by atoms with Crippen molar-refractivity contribution in [3.8, 4) is 5.69 Å². The zero-order chi connectivity index (χ0) is 19.6. The van der Waals surface area contributed by atoms with E-state index in [1.807, 2.05) is 0 Å². The van der Waals surface area contributed by atoms with Crippen molar-refractivity contribution in [1.82, 2.24) is 20.2 Å². The molecule has 27 heavy (non-hydrogen) atoms. The Kier molecular flexibility index (Phi) is 5.31. The summed E-state index contributed by atoms with van der Waals surface area (Å²) < 4.78 is 41.0. The maximum atomic E-state index is 13.3. The van der Waals surface area contributed by atoms with Crippen molar-refractivity contribution in [2.75, 3.05) is 13.1 Å². The number of alkyl halides is 3. The number of nitrogens with one attached hydrogen (secondary N) is 1. The fourth-order valence-electron chi connectivity index (χ4n) is 3.05. The van der Waals surface area contributed by atoms with E-state index in [2.05, 4.69) is 10.5 Å². The van der Waals surface area contributed by atoms with Gasteiger partial charge in [-0.05, 0) is 31.9 Å². The fraction of sp³-hybridized carbons (Fsp3) is 0.389. The third kappa shape index (κ3) is 4.19. The van der Waals surface area contributed by atoms with Crippen LogP contribution in [0, 0.1) is 6.92 Å². The zero-order valence-electron chi connectivity index (χ0n) is 14.7. The summed E-state index contributed by atoms with van der Waals surface area (Å²) in [5.41, 5.74) is 0.600. The molecule has 1 N–H and O–H groups in total. The second kappa shape index (κ2) is 7.51. The van der Waals surface area contributed by atoms with E-state index in [4.69, 9.17) is 0 Å². The van der Waals surface area contributed by atoms with Crippen LogP contribution < -0.4 is 10.9 Å². The van der Waals surface area contributed by atoms with Gasteiger partial charge in [-0.1, -0.05) is 18.6 Å². The van der Waals surface area contributed by atoms with Crippen molar-refractivity contribution in [2.45, 2.75) is 32.4 Å². The maximum Gasteiger partial charge on any atom is 0.418 e. The lowest BCUT2D eigenvalue weighted by Gasteiger charge is -2.26. The van der Waals surface area contributed by atoms with E-state index in [0.717, 1.165) is 36.1 Å². The van der Waals surface area contributed by atoms with Gasteiger partial charge in [-0.25, -0.2) is 9.69 Å². The van der Waals surface area contributed by atoms with E-state index in [1.54, 1.807) is 5.01 Å². The third-order valence-electron chi connectivity index (χ3n) is 4.38. The van der Waals surface area contributed by atoms with Gasteiger partial charge in [-0.15, -0.1) is 0 Å². The van der Waals surface area contributed by atoms with Gasteiger partial charge >= 0.3 is 6.18 Å². The van der Waals surface area contributed by atoms with Crippen LogP contribution in [0.3, 0.4) is 0 Å². The van der Waals surface area contributed by atoms with Gasteiger partial charge in [0, 0.05) is 24.8 Å². The third-order valence-corrected chi connectivity index (χ3v) is 4.38. The average Bonchev–Trinajstić information content (AvgIpc) is 2.62. The summed E-state index contributed by atoms with van der Waals surface area (Å²) in [7, 11) is 0. The van der Waals surface area contributed by atoms with Gasteiger partial charge in [-0.3, -0.25) is 15.0 Å². The first-order valence-electron chi connectivity index (χ1n) is 8.61. The number of halogens is 3. The number of para-hydroxylation sites is 1. The summed E-state index contributed by atoms with van der Waals surface area (Å²) in [5, 5.41) is 5.64. The van der Waals surface area contributed by atoms with Crippen molar-refractivity contribution < 1.29 is 18.0 Å². The Morgan fingerprint density at radius 1 is 1.15 bits per heavy atom. The summed E-state index contributed by atoms with van der Waals surface area (Å²) in [6.07, 6.45) is -1.68. The van der Waals surface area contributed by atoms with Crippen molar-refractivity contribution in [3.63, 3.8) is 0 Å². The van der Waals surface area contributed by atoms with E-state index in [-0.39, 0.29) is 11.4 Å². The molecule has 1 aliphatic heterocycles. The predicted molar refractivity (Wildman–Crippen MR) is 92.5 cm³/mol. The Morgan fingerprint density at radius 3 is 2.48 bits per heavy atom. The molecule has 1 aromatic heterocycles. The molecule has 0 atom stereocenters. The first-order valence-corrected chi connectivity index (χ1v) is 8.61. The van der Waals surface area contributed by atoms with Crippen molar-refractivity contribution in [3.05, 3.63) is 57.5 Å². The Bertz CT molecular complexity index is 902. The van der Waals surface area contributed by atoms with Crippen LogP contribution in [-0.2, 0) is 6.18 Å². The van der Waals surface area contributed by atoms with Crippen LogP contribution in [0.5, 0.6) is 0 Å². The normalized spacial score (nSPS) is 15.6. The highest BCUT2D eigenvalue weighted by atomic mass is 19.4. The number of aryl methyl sites for hydroxylation is 1.